The second kappa shape index (κ2) is 7.49. The molecule has 0 saturated heterocycles. The van der Waals surface area contributed by atoms with Gasteiger partial charge in [-0.3, -0.25) is 14.2 Å². The predicted octanol–water partition coefficient (Wildman–Crippen LogP) is 3.01. The Kier molecular flexibility index (Phi) is 4.82. The van der Waals surface area contributed by atoms with Crippen LogP contribution in [-0.4, -0.2) is 31.6 Å². The van der Waals surface area contributed by atoms with E-state index in [-0.39, 0.29) is 23.6 Å². The molecule has 2 aromatic carbocycles. The second-order valence-corrected chi connectivity index (χ2v) is 7.26. The van der Waals surface area contributed by atoms with Gasteiger partial charge in [0.05, 0.1) is 23.3 Å². The Labute approximate surface area is 177 Å². The number of primary amides is 1. The van der Waals surface area contributed by atoms with E-state index in [0.29, 0.717) is 28.0 Å². The van der Waals surface area contributed by atoms with Crippen molar-refractivity contribution in [2.45, 2.75) is 13.3 Å². The molecule has 0 bridgehead atoms. The first-order valence-electron chi connectivity index (χ1n) is 9.48. The fourth-order valence-corrected chi connectivity index (χ4v) is 3.65. The maximum atomic E-state index is 12.2. The molecular formula is C23H20N4O4. The van der Waals surface area contributed by atoms with Gasteiger partial charge in [0.1, 0.15) is 22.6 Å². The highest BCUT2D eigenvalue weighted by molar-refractivity contribution is 6.10. The van der Waals surface area contributed by atoms with Crippen LogP contribution in [-0.2, 0) is 11.2 Å². The number of benzene rings is 2. The Morgan fingerprint density at radius 3 is 2.42 bits per heavy atom. The fourth-order valence-electron chi connectivity index (χ4n) is 3.65. The summed E-state index contributed by atoms with van der Waals surface area (Å²) in [5.41, 5.74) is 16.4. The first-order chi connectivity index (χ1) is 14.8. The van der Waals surface area contributed by atoms with E-state index in [4.69, 9.17) is 16.6 Å². The third-order valence-corrected chi connectivity index (χ3v) is 5.13. The number of nitrogen functional groups attached to an aromatic ring is 1. The van der Waals surface area contributed by atoms with Gasteiger partial charge in [0, 0.05) is 11.6 Å². The first kappa shape index (κ1) is 20.0. The van der Waals surface area contributed by atoms with E-state index in [1.54, 1.807) is 59.2 Å². The Bertz CT molecular complexity index is 1340. The van der Waals surface area contributed by atoms with Crippen molar-refractivity contribution in [2.24, 2.45) is 5.73 Å². The highest BCUT2D eigenvalue weighted by atomic mass is 16.4. The van der Waals surface area contributed by atoms with Gasteiger partial charge in [0.25, 0.3) is 5.91 Å². The quantitative estimate of drug-likeness (QED) is 0.394. The number of carbonyl (C=O) groups is 2. The number of phenolic OH excluding ortho intramolecular Hbond substituents is 1. The van der Waals surface area contributed by atoms with Gasteiger partial charge in [-0.05, 0) is 36.2 Å². The molecule has 0 saturated carbocycles. The van der Waals surface area contributed by atoms with Crippen molar-refractivity contribution in [3.05, 3.63) is 71.3 Å². The predicted molar refractivity (Wildman–Crippen MR) is 117 cm³/mol. The summed E-state index contributed by atoms with van der Waals surface area (Å²) in [7, 11) is 0. The molecule has 0 spiro atoms. The van der Waals surface area contributed by atoms with Crippen molar-refractivity contribution >= 4 is 28.7 Å². The normalized spacial score (nSPS) is 11.0. The largest absolute Gasteiger partial charge is 0.508 e. The van der Waals surface area contributed by atoms with Crippen LogP contribution in [0, 0.1) is 6.92 Å². The summed E-state index contributed by atoms with van der Waals surface area (Å²) in [6, 6.07) is 15.4. The Morgan fingerprint density at radius 1 is 1.06 bits per heavy atom. The number of aromatic nitrogens is 2. The van der Waals surface area contributed by atoms with Crippen molar-refractivity contribution in [2.75, 3.05) is 5.73 Å². The first-order valence-corrected chi connectivity index (χ1v) is 9.48. The van der Waals surface area contributed by atoms with Crippen LogP contribution in [0.25, 0.3) is 28.0 Å². The average Bonchev–Trinajstić information content (AvgIpc) is 3.01. The minimum Gasteiger partial charge on any atom is -0.508 e. The highest BCUT2D eigenvalue weighted by Crippen LogP contribution is 2.34. The molecule has 1 amide bonds. The summed E-state index contributed by atoms with van der Waals surface area (Å²) in [5.74, 6) is -1.41. The third-order valence-electron chi connectivity index (χ3n) is 5.13. The summed E-state index contributed by atoms with van der Waals surface area (Å²) >= 11 is 0. The number of carbonyl (C=O) groups excluding carboxylic acids is 1. The molecule has 0 aliphatic rings. The van der Waals surface area contributed by atoms with Crippen molar-refractivity contribution in [3.63, 3.8) is 0 Å². The van der Waals surface area contributed by atoms with E-state index in [2.05, 4.69) is 4.98 Å². The van der Waals surface area contributed by atoms with Gasteiger partial charge >= 0.3 is 5.97 Å². The molecule has 31 heavy (non-hydrogen) atoms. The number of aromatic hydroxyl groups is 1. The molecule has 156 valence electrons. The van der Waals surface area contributed by atoms with Crippen LogP contribution in [0.2, 0.25) is 0 Å². The molecule has 0 atom stereocenters. The molecular weight excluding hydrogens is 396 g/mol. The number of carboxylic acids is 1. The number of hydrogen-bond acceptors (Lipinski definition) is 5. The number of nitrogens with zero attached hydrogens (tertiary/aromatic N) is 2. The minimum absolute atomic E-state index is 0.0634. The average molecular weight is 416 g/mol. The number of nitrogens with two attached hydrogens (primary N) is 2. The SMILES string of the molecule is Cc1ccc(O)cc1-n1c(N)c(C(N)=O)c2nc(-c3ccc(CC(=O)O)cc3)ccc21. The lowest BCUT2D eigenvalue weighted by Crippen LogP contribution is -2.14. The molecule has 8 heteroatoms. The maximum absolute atomic E-state index is 12.2. The second-order valence-electron chi connectivity index (χ2n) is 7.26. The number of hydrogen-bond donors (Lipinski definition) is 4. The zero-order valence-corrected chi connectivity index (χ0v) is 16.7. The number of amides is 1. The number of aryl methyl sites for hydroxylation is 1. The van der Waals surface area contributed by atoms with E-state index in [1.165, 1.54) is 0 Å². The van der Waals surface area contributed by atoms with Crippen LogP contribution in [0.15, 0.2) is 54.6 Å². The summed E-state index contributed by atoms with van der Waals surface area (Å²) in [4.78, 5) is 27.7. The number of anilines is 1. The van der Waals surface area contributed by atoms with Crippen LogP contribution in [0.1, 0.15) is 21.5 Å². The van der Waals surface area contributed by atoms with Crippen LogP contribution in [0.3, 0.4) is 0 Å². The number of aliphatic carboxylic acids is 1. The molecule has 0 fully saturated rings. The van der Waals surface area contributed by atoms with Crippen molar-refractivity contribution in [1.29, 1.82) is 0 Å². The fraction of sp³-hybridized carbons (Fsp3) is 0.0870. The van der Waals surface area contributed by atoms with Crippen LogP contribution < -0.4 is 11.5 Å². The molecule has 4 aromatic rings. The lowest BCUT2D eigenvalue weighted by Gasteiger charge is -2.12. The Hall–Kier alpha value is -4.33. The van der Waals surface area contributed by atoms with Crippen LogP contribution in [0.4, 0.5) is 5.82 Å². The van der Waals surface area contributed by atoms with E-state index >= 15 is 0 Å². The lowest BCUT2D eigenvalue weighted by atomic mass is 10.1. The van der Waals surface area contributed by atoms with E-state index < -0.39 is 11.9 Å². The van der Waals surface area contributed by atoms with Gasteiger partial charge in [-0.25, -0.2) is 4.98 Å². The molecule has 4 rings (SSSR count). The van der Waals surface area contributed by atoms with Crippen molar-refractivity contribution < 1.29 is 19.8 Å². The van der Waals surface area contributed by atoms with Gasteiger partial charge in [-0.2, -0.15) is 0 Å². The number of carboxylic acid groups (broad SMARTS) is 1. The molecule has 0 aliphatic carbocycles. The molecule has 6 N–H and O–H groups in total. The lowest BCUT2D eigenvalue weighted by molar-refractivity contribution is -0.136. The van der Waals surface area contributed by atoms with Gasteiger partial charge in [0.2, 0.25) is 0 Å². The smallest absolute Gasteiger partial charge is 0.307 e. The molecule has 2 heterocycles. The number of rotatable bonds is 5. The maximum Gasteiger partial charge on any atom is 0.307 e. The van der Waals surface area contributed by atoms with Crippen molar-refractivity contribution in [1.82, 2.24) is 9.55 Å². The molecule has 0 radical (unpaired) electrons. The molecule has 8 nitrogen and oxygen atoms in total. The van der Waals surface area contributed by atoms with Gasteiger partial charge < -0.3 is 21.7 Å². The summed E-state index contributed by atoms with van der Waals surface area (Å²) in [5, 5.41) is 18.9. The van der Waals surface area contributed by atoms with E-state index in [0.717, 1.165) is 11.1 Å². The summed E-state index contributed by atoms with van der Waals surface area (Å²) in [6.07, 6.45) is -0.0682. The van der Waals surface area contributed by atoms with Gasteiger partial charge in [-0.1, -0.05) is 30.3 Å². The Balaban J connectivity index is 1.90. The highest BCUT2D eigenvalue weighted by Gasteiger charge is 2.23. The third kappa shape index (κ3) is 3.55. The monoisotopic (exact) mass is 416 g/mol. The van der Waals surface area contributed by atoms with Crippen LogP contribution >= 0.6 is 0 Å². The topological polar surface area (TPSA) is 144 Å². The zero-order valence-electron chi connectivity index (χ0n) is 16.7. The van der Waals surface area contributed by atoms with Gasteiger partial charge in [-0.15, -0.1) is 0 Å². The Morgan fingerprint density at radius 2 is 1.77 bits per heavy atom. The molecule has 0 unspecified atom stereocenters. The molecule has 2 aromatic heterocycles. The zero-order chi connectivity index (χ0) is 22.3. The number of pyridine rings is 1. The van der Waals surface area contributed by atoms with Gasteiger partial charge in [0.15, 0.2) is 0 Å². The van der Waals surface area contributed by atoms with E-state index in [1.807, 2.05) is 6.92 Å². The summed E-state index contributed by atoms with van der Waals surface area (Å²) in [6.45, 7) is 1.87. The van der Waals surface area contributed by atoms with Crippen molar-refractivity contribution in [3.8, 4) is 22.7 Å². The van der Waals surface area contributed by atoms with Crippen LogP contribution in [0.5, 0.6) is 5.75 Å². The standard InChI is InChI=1S/C23H20N4O4/c1-12-2-7-15(28)11-18(12)27-17-9-8-16(26-21(17)20(22(27)24)23(25)31)14-5-3-13(4-6-14)10-19(29)30/h2-9,11,28H,10,24H2,1H3,(H2,25,31)(H,29,30). The minimum atomic E-state index is -0.905. The van der Waals surface area contributed by atoms with E-state index in [9.17, 15) is 14.7 Å². The number of phenols is 1. The number of fused-ring (bicyclic) bond motifs is 1. The molecule has 0 aliphatic heterocycles. The summed E-state index contributed by atoms with van der Waals surface area (Å²) < 4.78 is 1.65.